The quantitative estimate of drug-likeness (QED) is 0.792. The number of halogens is 3. The molecule has 8 heteroatoms. The van der Waals surface area contributed by atoms with E-state index >= 15 is 0 Å². The Bertz CT molecular complexity index is 814. The molecule has 5 nitrogen and oxygen atoms in total. The number of aryl methyl sites for hydroxylation is 1. The average Bonchev–Trinajstić information content (AvgIpc) is 3.30. The molecule has 28 heavy (non-hydrogen) atoms. The van der Waals surface area contributed by atoms with Crippen LogP contribution in [0.5, 0.6) is 0 Å². The van der Waals surface area contributed by atoms with Crippen LogP contribution in [0.25, 0.3) is 0 Å². The van der Waals surface area contributed by atoms with Crippen molar-refractivity contribution in [1.29, 1.82) is 0 Å². The summed E-state index contributed by atoms with van der Waals surface area (Å²) in [7, 11) is 1.84. The third kappa shape index (κ3) is 3.93. The van der Waals surface area contributed by atoms with E-state index in [-0.39, 0.29) is 11.6 Å². The van der Waals surface area contributed by atoms with Crippen molar-refractivity contribution in [3.05, 3.63) is 47.3 Å². The molecule has 1 aromatic heterocycles. The Kier molecular flexibility index (Phi) is 5.18. The molecule has 0 N–H and O–H groups in total. The van der Waals surface area contributed by atoms with E-state index in [0.29, 0.717) is 18.7 Å². The molecular weight excluding hydrogens is 369 g/mol. The van der Waals surface area contributed by atoms with Gasteiger partial charge >= 0.3 is 6.18 Å². The van der Waals surface area contributed by atoms with Crippen LogP contribution in [0.4, 0.5) is 13.2 Å². The largest absolute Gasteiger partial charge is 0.416 e. The molecule has 2 aromatic rings. The molecule has 0 bridgehead atoms. The average molecular weight is 394 g/mol. The van der Waals surface area contributed by atoms with Gasteiger partial charge in [-0.3, -0.25) is 9.58 Å². The smallest absolute Gasteiger partial charge is 0.370 e. The van der Waals surface area contributed by atoms with Crippen molar-refractivity contribution in [3.63, 3.8) is 0 Å². The summed E-state index contributed by atoms with van der Waals surface area (Å²) in [5.74, 6) is 0. The van der Waals surface area contributed by atoms with Crippen molar-refractivity contribution in [1.82, 2.24) is 19.9 Å². The van der Waals surface area contributed by atoms with Gasteiger partial charge in [-0.15, -0.1) is 5.10 Å². The van der Waals surface area contributed by atoms with Crippen LogP contribution in [0.2, 0.25) is 0 Å². The molecule has 1 atom stereocenters. The van der Waals surface area contributed by atoms with Crippen LogP contribution >= 0.6 is 0 Å². The molecule has 1 aromatic carbocycles. The van der Waals surface area contributed by atoms with Gasteiger partial charge < -0.3 is 4.74 Å². The zero-order valence-electron chi connectivity index (χ0n) is 16.0. The van der Waals surface area contributed by atoms with E-state index in [2.05, 4.69) is 15.2 Å². The van der Waals surface area contributed by atoms with Crippen LogP contribution in [0.15, 0.2) is 30.5 Å². The second-order valence-corrected chi connectivity index (χ2v) is 7.93. The Balaban J connectivity index is 1.52. The summed E-state index contributed by atoms with van der Waals surface area (Å²) in [4.78, 5) is 2.42. The standard InChI is InChI=1S/C20H25F3N4O/c1-26-12-17(24-25-26)7-10-27-13-18(28-14-19(27)8-2-3-9-19)15-5-4-6-16(11-15)20(21,22)23/h4-6,11-12,18H,2-3,7-10,13-14H2,1H3. The number of aromatic nitrogens is 3. The van der Waals surface area contributed by atoms with Crippen LogP contribution in [0.1, 0.15) is 48.6 Å². The van der Waals surface area contributed by atoms with Gasteiger partial charge in [0.1, 0.15) is 0 Å². The first-order valence-electron chi connectivity index (χ1n) is 9.75. The first-order chi connectivity index (χ1) is 13.4. The fourth-order valence-corrected chi connectivity index (χ4v) is 4.49. The predicted molar refractivity (Wildman–Crippen MR) is 97.6 cm³/mol. The first-order valence-corrected chi connectivity index (χ1v) is 9.75. The summed E-state index contributed by atoms with van der Waals surface area (Å²) < 4.78 is 47.1. The molecule has 152 valence electrons. The summed E-state index contributed by atoms with van der Waals surface area (Å²) >= 11 is 0. The molecule has 1 saturated carbocycles. The Hall–Kier alpha value is -1.93. The van der Waals surface area contributed by atoms with Crippen molar-refractivity contribution < 1.29 is 17.9 Å². The van der Waals surface area contributed by atoms with E-state index in [9.17, 15) is 13.2 Å². The Morgan fingerprint density at radius 1 is 1.25 bits per heavy atom. The lowest BCUT2D eigenvalue weighted by molar-refractivity contribution is -0.138. The highest BCUT2D eigenvalue weighted by atomic mass is 19.4. The number of hydrogen-bond donors (Lipinski definition) is 0. The molecule has 1 spiro atoms. The zero-order chi connectivity index (χ0) is 19.8. The van der Waals surface area contributed by atoms with Gasteiger partial charge in [0.25, 0.3) is 0 Å². The van der Waals surface area contributed by atoms with Crippen molar-refractivity contribution in [2.45, 2.75) is 49.9 Å². The number of benzene rings is 1. The molecule has 2 aliphatic rings. The van der Waals surface area contributed by atoms with E-state index in [1.54, 1.807) is 10.7 Å². The maximum atomic E-state index is 13.1. The highest BCUT2D eigenvalue weighted by Crippen LogP contribution is 2.42. The van der Waals surface area contributed by atoms with Gasteiger partial charge in [-0.05, 0) is 30.5 Å². The van der Waals surface area contributed by atoms with Crippen molar-refractivity contribution in [2.75, 3.05) is 19.7 Å². The van der Waals surface area contributed by atoms with E-state index in [1.165, 1.54) is 25.0 Å². The van der Waals surface area contributed by atoms with E-state index in [4.69, 9.17) is 4.74 Å². The number of ether oxygens (including phenoxy) is 1. The van der Waals surface area contributed by atoms with Gasteiger partial charge in [-0.2, -0.15) is 13.2 Å². The molecule has 1 saturated heterocycles. The summed E-state index contributed by atoms with van der Waals surface area (Å²) in [6.07, 6.45) is 2.46. The van der Waals surface area contributed by atoms with E-state index in [1.807, 2.05) is 13.2 Å². The minimum atomic E-state index is -4.34. The van der Waals surface area contributed by atoms with Crippen LogP contribution in [0, 0.1) is 0 Å². The lowest BCUT2D eigenvalue weighted by Crippen LogP contribution is -2.56. The molecule has 2 heterocycles. The van der Waals surface area contributed by atoms with Gasteiger partial charge in [0.15, 0.2) is 0 Å². The maximum Gasteiger partial charge on any atom is 0.416 e. The van der Waals surface area contributed by atoms with Crippen molar-refractivity contribution >= 4 is 0 Å². The number of alkyl halides is 3. The highest BCUT2D eigenvalue weighted by Gasteiger charge is 2.44. The first kappa shape index (κ1) is 19.4. The summed E-state index contributed by atoms with van der Waals surface area (Å²) in [6, 6.07) is 5.52. The minimum Gasteiger partial charge on any atom is -0.370 e. The van der Waals surface area contributed by atoms with E-state index in [0.717, 1.165) is 37.6 Å². The molecule has 0 radical (unpaired) electrons. The number of nitrogens with zero attached hydrogens (tertiary/aromatic N) is 4. The molecule has 4 rings (SSSR count). The van der Waals surface area contributed by atoms with Gasteiger partial charge in [0.05, 0.1) is 24.0 Å². The summed E-state index contributed by atoms with van der Waals surface area (Å²) in [5, 5.41) is 8.14. The second kappa shape index (κ2) is 7.48. The molecule has 1 aliphatic carbocycles. The van der Waals surface area contributed by atoms with Crippen LogP contribution in [-0.2, 0) is 24.4 Å². The Morgan fingerprint density at radius 2 is 2.04 bits per heavy atom. The van der Waals surface area contributed by atoms with Crippen molar-refractivity contribution in [2.24, 2.45) is 7.05 Å². The normalized spacial score (nSPS) is 22.8. The maximum absolute atomic E-state index is 13.1. The van der Waals surface area contributed by atoms with Gasteiger partial charge in [-0.25, -0.2) is 0 Å². The lowest BCUT2D eigenvalue weighted by Gasteiger charge is -2.47. The lowest BCUT2D eigenvalue weighted by atomic mass is 9.91. The fraction of sp³-hybridized carbons (Fsp3) is 0.600. The fourth-order valence-electron chi connectivity index (χ4n) is 4.49. The topological polar surface area (TPSA) is 43.2 Å². The molecule has 1 unspecified atom stereocenters. The summed E-state index contributed by atoms with van der Waals surface area (Å²) in [5.41, 5.74) is 0.895. The van der Waals surface area contributed by atoms with Crippen LogP contribution in [0.3, 0.4) is 0 Å². The van der Waals surface area contributed by atoms with Gasteiger partial charge in [-0.1, -0.05) is 30.2 Å². The molecule has 1 aliphatic heterocycles. The molecule has 0 amide bonds. The van der Waals surface area contributed by atoms with E-state index < -0.39 is 11.7 Å². The van der Waals surface area contributed by atoms with Crippen LogP contribution < -0.4 is 0 Å². The Labute approximate surface area is 162 Å². The van der Waals surface area contributed by atoms with Gasteiger partial charge in [0, 0.05) is 38.3 Å². The third-order valence-corrected chi connectivity index (χ3v) is 6.02. The van der Waals surface area contributed by atoms with Crippen LogP contribution in [-0.4, -0.2) is 45.1 Å². The minimum absolute atomic E-state index is 0.000344. The number of morpholine rings is 1. The van der Waals surface area contributed by atoms with Gasteiger partial charge in [0.2, 0.25) is 0 Å². The third-order valence-electron chi connectivity index (χ3n) is 6.02. The zero-order valence-corrected chi connectivity index (χ0v) is 16.0. The monoisotopic (exact) mass is 394 g/mol. The Morgan fingerprint density at radius 3 is 2.71 bits per heavy atom. The predicted octanol–water partition coefficient (Wildman–Crippen LogP) is 3.76. The SMILES string of the molecule is Cn1cc(CCN2CC(c3cccc(C(F)(F)F)c3)OCC23CCCC3)nn1. The van der Waals surface area contributed by atoms with Crippen molar-refractivity contribution in [3.8, 4) is 0 Å². The number of rotatable bonds is 4. The highest BCUT2D eigenvalue weighted by molar-refractivity contribution is 5.28. The second-order valence-electron chi connectivity index (χ2n) is 7.93. The summed E-state index contributed by atoms with van der Waals surface area (Å²) in [6.45, 7) is 1.97. The molecular formula is C20H25F3N4O. The number of hydrogen-bond acceptors (Lipinski definition) is 4. The molecule has 2 fully saturated rings.